The largest absolute Gasteiger partial charge is 0.488 e. The van der Waals surface area contributed by atoms with Crippen LogP contribution in [0.4, 0.5) is 0 Å². The van der Waals surface area contributed by atoms with E-state index in [1.54, 1.807) is 0 Å². The van der Waals surface area contributed by atoms with Crippen LogP contribution in [0.25, 0.3) is 0 Å². The van der Waals surface area contributed by atoms with E-state index in [0.717, 1.165) is 12.8 Å². The van der Waals surface area contributed by atoms with Crippen LogP contribution in [0.1, 0.15) is 26.7 Å². The lowest BCUT2D eigenvalue weighted by atomic mass is 10.2. The molecule has 1 amide bonds. The standard InChI is InChI=1S/C9H15NO2/c1-3-7(2)10-9(11)8-5-4-6-12-8/h5,7H,3-4,6H2,1-2H3,(H,10,11). The number of carbonyl (C=O) groups excluding carboxylic acids is 1. The first kappa shape index (κ1) is 9.10. The zero-order valence-electron chi connectivity index (χ0n) is 7.59. The lowest BCUT2D eigenvalue weighted by Crippen LogP contribution is -2.33. The number of carbonyl (C=O) groups is 1. The van der Waals surface area contributed by atoms with Crippen molar-refractivity contribution in [2.75, 3.05) is 6.61 Å². The van der Waals surface area contributed by atoms with Crippen molar-refractivity contribution in [2.24, 2.45) is 0 Å². The molecule has 0 aromatic carbocycles. The number of hydrogen-bond acceptors (Lipinski definition) is 2. The molecule has 3 heteroatoms. The molecule has 0 saturated carbocycles. The Hall–Kier alpha value is -0.990. The maximum Gasteiger partial charge on any atom is 0.286 e. The number of rotatable bonds is 3. The van der Waals surface area contributed by atoms with Gasteiger partial charge in [0.05, 0.1) is 6.61 Å². The van der Waals surface area contributed by atoms with Gasteiger partial charge in [-0.3, -0.25) is 4.79 Å². The highest BCUT2D eigenvalue weighted by Gasteiger charge is 2.15. The Labute approximate surface area is 72.8 Å². The van der Waals surface area contributed by atoms with Crippen LogP contribution >= 0.6 is 0 Å². The highest BCUT2D eigenvalue weighted by Crippen LogP contribution is 2.08. The van der Waals surface area contributed by atoms with Gasteiger partial charge in [-0.05, 0) is 19.4 Å². The molecule has 0 aliphatic carbocycles. The summed E-state index contributed by atoms with van der Waals surface area (Å²) in [5, 5.41) is 2.84. The minimum absolute atomic E-state index is 0.0816. The molecule has 0 saturated heterocycles. The van der Waals surface area contributed by atoms with Gasteiger partial charge < -0.3 is 10.1 Å². The molecule has 1 aliphatic rings. The molecule has 1 aliphatic heterocycles. The van der Waals surface area contributed by atoms with E-state index in [2.05, 4.69) is 5.32 Å². The van der Waals surface area contributed by atoms with E-state index >= 15 is 0 Å². The average Bonchev–Trinajstić information content (AvgIpc) is 2.56. The van der Waals surface area contributed by atoms with E-state index in [0.29, 0.717) is 12.4 Å². The summed E-state index contributed by atoms with van der Waals surface area (Å²) in [5.41, 5.74) is 0. The van der Waals surface area contributed by atoms with Gasteiger partial charge in [0, 0.05) is 12.5 Å². The van der Waals surface area contributed by atoms with E-state index in [-0.39, 0.29) is 11.9 Å². The van der Waals surface area contributed by atoms with Crippen LogP contribution in [0.2, 0.25) is 0 Å². The van der Waals surface area contributed by atoms with Crippen molar-refractivity contribution in [1.29, 1.82) is 0 Å². The van der Waals surface area contributed by atoms with Crippen LogP contribution < -0.4 is 5.32 Å². The number of amides is 1. The zero-order valence-corrected chi connectivity index (χ0v) is 7.59. The first-order valence-corrected chi connectivity index (χ1v) is 4.38. The summed E-state index contributed by atoms with van der Waals surface area (Å²) in [6.45, 7) is 4.66. The summed E-state index contributed by atoms with van der Waals surface area (Å²) < 4.78 is 5.11. The van der Waals surface area contributed by atoms with E-state index in [9.17, 15) is 4.79 Å². The normalized spacial score (nSPS) is 18.0. The van der Waals surface area contributed by atoms with Crippen molar-refractivity contribution in [1.82, 2.24) is 5.32 Å². The van der Waals surface area contributed by atoms with Crippen LogP contribution in [-0.2, 0) is 9.53 Å². The lowest BCUT2D eigenvalue weighted by molar-refractivity contribution is -0.121. The van der Waals surface area contributed by atoms with Crippen LogP contribution in [0.5, 0.6) is 0 Å². The van der Waals surface area contributed by atoms with Crippen molar-refractivity contribution in [3.05, 3.63) is 11.8 Å². The minimum atomic E-state index is -0.0816. The average molecular weight is 169 g/mol. The molecule has 1 N–H and O–H groups in total. The number of hydrogen-bond donors (Lipinski definition) is 1. The van der Waals surface area contributed by atoms with Gasteiger partial charge in [-0.15, -0.1) is 0 Å². The maximum absolute atomic E-state index is 11.3. The Kier molecular flexibility index (Phi) is 3.14. The Morgan fingerprint density at radius 3 is 3.08 bits per heavy atom. The van der Waals surface area contributed by atoms with Crippen LogP contribution in [0, 0.1) is 0 Å². The van der Waals surface area contributed by atoms with Crippen molar-refractivity contribution in [2.45, 2.75) is 32.7 Å². The molecule has 12 heavy (non-hydrogen) atoms. The molecule has 1 unspecified atom stereocenters. The van der Waals surface area contributed by atoms with Crippen molar-refractivity contribution in [3.63, 3.8) is 0 Å². The second-order valence-corrected chi connectivity index (χ2v) is 2.99. The summed E-state index contributed by atoms with van der Waals surface area (Å²) in [6, 6.07) is 0.225. The Balaban J connectivity index is 2.37. The first-order valence-electron chi connectivity index (χ1n) is 4.38. The second kappa shape index (κ2) is 4.14. The molecule has 0 radical (unpaired) electrons. The van der Waals surface area contributed by atoms with E-state index < -0.39 is 0 Å². The quantitative estimate of drug-likeness (QED) is 0.689. The summed E-state index contributed by atoms with van der Waals surface area (Å²) >= 11 is 0. The molecule has 0 fully saturated rings. The molecule has 0 bridgehead atoms. The third kappa shape index (κ3) is 2.26. The molecule has 68 valence electrons. The van der Waals surface area contributed by atoms with E-state index in [4.69, 9.17) is 4.74 Å². The molecule has 0 aromatic heterocycles. The van der Waals surface area contributed by atoms with Crippen LogP contribution in [0.15, 0.2) is 11.8 Å². The van der Waals surface area contributed by atoms with E-state index in [1.807, 2.05) is 19.9 Å². The monoisotopic (exact) mass is 169 g/mol. The predicted octanol–water partition coefficient (Wildman–Crippen LogP) is 1.21. The second-order valence-electron chi connectivity index (χ2n) is 2.99. The minimum Gasteiger partial charge on any atom is -0.488 e. The molecule has 1 rings (SSSR count). The molecular weight excluding hydrogens is 154 g/mol. The summed E-state index contributed by atoms with van der Waals surface area (Å²) in [4.78, 5) is 11.3. The van der Waals surface area contributed by atoms with Crippen molar-refractivity contribution >= 4 is 5.91 Å². The molecule has 1 heterocycles. The Bertz CT molecular complexity index is 199. The van der Waals surface area contributed by atoms with Gasteiger partial charge in [0.1, 0.15) is 0 Å². The fourth-order valence-corrected chi connectivity index (χ4v) is 0.973. The zero-order chi connectivity index (χ0) is 8.97. The van der Waals surface area contributed by atoms with E-state index in [1.165, 1.54) is 0 Å². The Morgan fingerprint density at radius 1 is 1.83 bits per heavy atom. The third-order valence-electron chi connectivity index (χ3n) is 1.92. The van der Waals surface area contributed by atoms with Gasteiger partial charge in [0.15, 0.2) is 5.76 Å². The molecule has 1 atom stereocenters. The summed E-state index contributed by atoms with van der Waals surface area (Å²) in [5.74, 6) is 0.400. The summed E-state index contributed by atoms with van der Waals surface area (Å²) in [6.07, 6.45) is 3.62. The van der Waals surface area contributed by atoms with Gasteiger partial charge in [0.25, 0.3) is 5.91 Å². The van der Waals surface area contributed by atoms with Crippen molar-refractivity contribution in [3.8, 4) is 0 Å². The van der Waals surface area contributed by atoms with Gasteiger partial charge in [-0.2, -0.15) is 0 Å². The van der Waals surface area contributed by atoms with Crippen molar-refractivity contribution < 1.29 is 9.53 Å². The topological polar surface area (TPSA) is 38.3 Å². The third-order valence-corrected chi connectivity index (χ3v) is 1.92. The molecule has 3 nitrogen and oxygen atoms in total. The first-order chi connectivity index (χ1) is 5.74. The van der Waals surface area contributed by atoms with Crippen LogP contribution in [-0.4, -0.2) is 18.6 Å². The fraction of sp³-hybridized carbons (Fsp3) is 0.667. The fourth-order valence-electron chi connectivity index (χ4n) is 0.973. The lowest BCUT2D eigenvalue weighted by Gasteiger charge is -2.11. The maximum atomic E-state index is 11.3. The van der Waals surface area contributed by atoms with Gasteiger partial charge in [0.2, 0.25) is 0 Å². The predicted molar refractivity (Wildman–Crippen MR) is 46.5 cm³/mol. The highest BCUT2D eigenvalue weighted by atomic mass is 16.5. The molecular formula is C9H15NO2. The number of nitrogens with one attached hydrogen (secondary N) is 1. The van der Waals surface area contributed by atoms with Gasteiger partial charge in [-0.25, -0.2) is 0 Å². The smallest absolute Gasteiger partial charge is 0.286 e. The molecule has 0 spiro atoms. The van der Waals surface area contributed by atoms with Crippen LogP contribution in [0.3, 0.4) is 0 Å². The van der Waals surface area contributed by atoms with Gasteiger partial charge in [-0.1, -0.05) is 6.92 Å². The highest BCUT2D eigenvalue weighted by molar-refractivity contribution is 5.91. The Morgan fingerprint density at radius 2 is 2.58 bits per heavy atom. The summed E-state index contributed by atoms with van der Waals surface area (Å²) in [7, 11) is 0. The van der Waals surface area contributed by atoms with Gasteiger partial charge >= 0.3 is 0 Å². The number of ether oxygens (including phenoxy) is 1. The SMILES string of the molecule is CCC(C)NC(=O)C1=CCCO1. The molecule has 0 aromatic rings.